The van der Waals surface area contributed by atoms with Crippen LogP contribution in [0.2, 0.25) is 5.02 Å². The van der Waals surface area contributed by atoms with E-state index < -0.39 is 5.41 Å². The van der Waals surface area contributed by atoms with Crippen LogP contribution in [0.25, 0.3) is 0 Å². The zero-order valence-electron chi connectivity index (χ0n) is 14.2. The summed E-state index contributed by atoms with van der Waals surface area (Å²) in [5.74, 6) is -0.0248. The maximum Gasteiger partial charge on any atom is 0.235 e. The second-order valence-electron chi connectivity index (χ2n) is 6.39. The van der Waals surface area contributed by atoms with E-state index in [-0.39, 0.29) is 11.8 Å². The molecule has 0 aromatic heterocycles. The highest BCUT2D eigenvalue weighted by molar-refractivity contribution is 6.33. The van der Waals surface area contributed by atoms with Gasteiger partial charge in [0.2, 0.25) is 11.8 Å². The van der Waals surface area contributed by atoms with Crippen molar-refractivity contribution in [1.82, 2.24) is 4.90 Å². The molecule has 130 valence electrons. The van der Waals surface area contributed by atoms with Crippen LogP contribution in [0.4, 0.5) is 5.69 Å². The van der Waals surface area contributed by atoms with Gasteiger partial charge in [-0.15, -0.1) is 0 Å². The zero-order chi connectivity index (χ0) is 17.9. The number of rotatable bonds is 3. The molecule has 1 aliphatic rings. The molecule has 0 saturated carbocycles. The highest BCUT2D eigenvalue weighted by Crippen LogP contribution is 2.37. The summed E-state index contributed by atoms with van der Waals surface area (Å²) < 4.78 is 0. The summed E-state index contributed by atoms with van der Waals surface area (Å²) in [6.45, 7) is 2.71. The summed E-state index contributed by atoms with van der Waals surface area (Å²) in [5.41, 5.74) is 0.924. The van der Waals surface area contributed by atoms with Crippen LogP contribution in [0.15, 0.2) is 54.6 Å². The van der Waals surface area contributed by atoms with Crippen LogP contribution < -0.4 is 5.32 Å². The number of hydrogen-bond acceptors (Lipinski definition) is 2. The normalized spacial score (nSPS) is 16.3. The van der Waals surface area contributed by atoms with Crippen molar-refractivity contribution in [2.45, 2.75) is 25.2 Å². The van der Waals surface area contributed by atoms with Crippen LogP contribution in [-0.4, -0.2) is 29.8 Å². The van der Waals surface area contributed by atoms with Crippen molar-refractivity contribution in [1.29, 1.82) is 0 Å². The van der Waals surface area contributed by atoms with E-state index in [1.165, 1.54) is 0 Å². The van der Waals surface area contributed by atoms with Crippen LogP contribution in [0.5, 0.6) is 0 Å². The summed E-state index contributed by atoms with van der Waals surface area (Å²) in [7, 11) is 0. The number of benzene rings is 2. The van der Waals surface area contributed by atoms with Gasteiger partial charge >= 0.3 is 0 Å². The van der Waals surface area contributed by atoms with Gasteiger partial charge in [0.15, 0.2) is 0 Å². The maximum atomic E-state index is 13.2. The number of carbonyl (C=O) groups excluding carboxylic acids is 2. The van der Waals surface area contributed by atoms with Crippen molar-refractivity contribution in [3.05, 3.63) is 65.2 Å². The molecule has 0 unspecified atom stereocenters. The van der Waals surface area contributed by atoms with Gasteiger partial charge in [-0.25, -0.2) is 0 Å². The van der Waals surface area contributed by atoms with E-state index in [2.05, 4.69) is 5.32 Å². The lowest BCUT2D eigenvalue weighted by Gasteiger charge is -2.40. The van der Waals surface area contributed by atoms with Gasteiger partial charge in [-0.2, -0.15) is 0 Å². The van der Waals surface area contributed by atoms with Crippen molar-refractivity contribution in [3.8, 4) is 0 Å². The van der Waals surface area contributed by atoms with E-state index >= 15 is 0 Å². The Labute approximate surface area is 152 Å². The molecular weight excluding hydrogens is 336 g/mol. The second-order valence-corrected chi connectivity index (χ2v) is 6.80. The molecule has 4 nitrogen and oxygen atoms in total. The monoisotopic (exact) mass is 356 g/mol. The Kier molecular flexibility index (Phi) is 5.09. The second kappa shape index (κ2) is 7.28. The smallest absolute Gasteiger partial charge is 0.235 e. The van der Waals surface area contributed by atoms with Crippen molar-refractivity contribution in [3.63, 3.8) is 0 Å². The van der Waals surface area contributed by atoms with Gasteiger partial charge in [0.25, 0.3) is 0 Å². The molecular formula is C20H21ClN2O2. The Hall–Kier alpha value is -2.33. The Bertz CT molecular complexity index is 768. The van der Waals surface area contributed by atoms with E-state index in [0.717, 1.165) is 5.56 Å². The first kappa shape index (κ1) is 17.5. The predicted octanol–water partition coefficient (Wildman–Crippen LogP) is 3.86. The van der Waals surface area contributed by atoms with Gasteiger partial charge in [0, 0.05) is 20.0 Å². The molecule has 2 aromatic rings. The fourth-order valence-electron chi connectivity index (χ4n) is 3.41. The van der Waals surface area contributed by atoms with Crippen molar-refractivity contribution < 1.29 is 9.59 Å². The number of likely N-dealkylation sites (tertiary alicyclic amines) is 1. The van der Waals surface area contributed by atoms with Crippen LogP contribution in [0, 0.1) is 0 Å². The third kappa shape index (κ3) is 3.54. The highest BCUT2D eigenvalue weighted by atomic mass is 35.5. The third-order valence-corrected chi connectivity index (χ3v) is 5.27. The molecule has 0 bridgehead atoms. The van der Waals surface area contributed by atoms with Crippen LogP contribution in [-0.2, 0) is 15.0 Å². The summed E-state index contributed by atoms with van der Waals surface area (Å²) in [6.07, 6.45) is 1.18. The molecule has 3 rings (SSSR count). The molecule has 1 saturated heterocycles. The molecule has 2 amide bonds. The first-order valence-electron chi connectivity index (χ1n) is 8.40. The van der Waals surface area contributed by atoms with Crippen LogP contribution >= 0.6 is 11.6 Å². The summed E-state index contributed by atoms with van der Waals surface area (Å²) >= 11 is 6.20. The van der Waals surface area contributed by atoms with Crippen molar-refractivity contribution >= 4 is 29.1 Å². The molecule has 0 atom stereocenters. The molecule has 1 fully saturated rings. The van der Waals surface area contributed by atoms with Crippen molar-refractivity contribution in [2.24, 2.45) is 0 Å². The average molecular weight is 357 g/mol. The molecule has 1 heterocycles. The van der Waals surface area contributed by atoms with Gasteiger partial charge in [-0.3, -0.25) is 9.59 Å². The van der Waals surface area contributed by atoms with Gasteiger partial charge < -0.3 is 10.2 Å². The highest BCUT2D eigenvalue weighted by Gasteiger charge is 2.43. The van der Waals surface area contributed by atoms with Gasteiger partial charge in [-0.1, -0.05) is 54.1 Å². The minimum Gasteiger partial charge on any atom is -0.343 e. The molecule has 0 radical (unpaired) electrons. The number of para-hydroxylation sites is 1. The lowest BCUT2D eigenvalue weighted by molar-refractivity contribution is -0.133. The van der Waals surface area contributed by atoms with Gasteiger partial charge in [-0.05, 0) is 30.5 Å². The Morgan fingerprint density at radius 3 is 2.20 bits per heavy atom. The Morgan fingerprint density at radius 1 is 1.00 bits per heavy atom. The van der Waals surface area contributed by atoms with Crippen molar-refractivity contribution in [2.75, 3.05) is 18.4 Å². The van der Waals surface area contributed by atoms with E-state index in [4.69, 9.17) is 11.6 Å². The first-order chi connectivity index (χ1) is 12.0. The number of amides is 2. The van der Waals surface area contributed by atoms with Gasteiger partial charge in [0.05, 0.1) is 16.1 Å². The van der Waals surface area contributed by atoms with Crippen LogP contribution in [0.1, 0.15) is 25.3 Å². The molecule has 25 heavy (non-hydrogen) atoms. The van der Waals surface area contributed by atoms with E-state index in [0.29, 0.717) is 36.6 Å². The fourth-order valence-corrected chi connectivity index (χ4v) is 3.59. The number of nitrogens with zero attached hydrogens (tertiary/aromatic N) is 1. The third-order valence-electron chi connectivity index (χ3n) is 4.95. The first-order valence-corrected chi connectivity index (χ1v) is 8.78. The predicted molar refractivity (Wildman–Crippen MR) is 99.7 cm³/mol. The van der Waals surface area contributed by atoms with Crippen LogP contribution in [0.3, 0.4) is 0 Å². The molecule has 0 aliphatic carbocycles. The largest absolute Gasteiger partial charge is 0.343 e. The fraction of sp³-hybridized carbons (Fsp3) is 0.300. The van der Waals surface area contributed by atoms with E-state index in [9.17, 15) is 9.59 Å². The molecule has 0 spiro atoms. The molecule has 2 aromatic carbocycles. The topological polar surface area (TPSA) is 49.4 Å². The minimum atomic E-state index is -0.660. The SMILES string of the molecule is CC(=O)N1CCC(C(=O)Nc2ccccc2Cl)(c2ccccc2)CC1. The summed E-state index contributed by atoms with van der Waals surface area (Å²) in [5, 5.41) is 3.50. The lowest BCUT2D eigenvalue weighted by Crippen LogP contribution is -2.50. The number of halogens is 1. The number of carbonyl (C=O) groups is 2. The quantitative estimate of drug-likeness (QED) is 0.907. The molecule has 5 heteroatoms. The summed E-state index contributed by atoms with van der Waals surface area (Å²) in [6, 6.07) is 17.0. The van der Waals surface area contributed by atoms with E-state index in [1.807, 2.05) is 42.5 Å². The Morgan fingerprint density at radius 2 is 1.60 bits per heavy atom. The molecule has 1 aliphatic heterocycles. The standard InChI is InChI=1S/C20H21ClN2O2/c1-15(24)23-13-11-20(12-14-23,16-7-3-2-4-8-16)19(25)22-18-10-6-5-9-17(18)21/h2-10H,11-14H2,1H3,(H,22,25). The number of hydrogen-bond donors (Lipinski definition) is 1. The summed E-state index contributed by atoms with van der Waals surface area (Å²) in [4.78, 5) is 26.7. The maximum absolute atomic E-state index is 13.2. The minimum absolute atomic E-state index is 0.0492. The zero-order valence-corrected chi connectivity index (χ0v) is 14.9. The van der Waals surface area contributed by atoms with E-state index in [1.54, 1.807) is 24.0 Å². The number of piperidine rings is 1. The number of anilines is 1. The van der Waals surface area contributed by atoms with Gasteiger partial charge in [0.1, 0.15) is 0 Å². The lowest BCUT2D eigenvalue weighted by atomic mass is 9.72. The average Bonchev–Trinajstić information content (AvgIpc) is 2.64. The Balaban J connectivity index is 1.91. The molecule has 1 N–H and O–H groups in total. The number of nitrogens with one attached hydrogen (secondary N) is 1.